The van der Waals surface area contributed by atoms with Gasteiger partial charge in [-0.15, -0.1) is 0 Å². The molecule has 2 N–H and O–H groups in total. The zero-order valence-corrected chi connectivity index (χ0v) is 21.0. The monoisotopic (exact) mass is 490 g/mol. The molecule has 2 aliphatic heterocycles. The maximum Gasteiger partial charge on any atom is 0.315 e. The number of carbonyl (C=O) groups excluding carboxylic acids is 3. The number of likely N-dealkylation sites (tertiary alicyclic amines) is 2. The number of rotatable bonds is 8. The number of carbonyl (C=O) groups is 3. The van der Waals surface area contributed by atoms with E-state index in [1.807, 2.05) is 46.2 Å². The summed E-state index contributed by atoms with van der Waals surface area (Å²) >= 11 is 0. The van der Waals surface area contributed by atoms with E-state index in [-0.39, 0.29) is 29.9 Å². The summed E-state index contributed by atoms with van der Waals surface area (Å²) in [6.07, 6.45) is 5.68. The maximum absolute atomic E-state index is 12.5. The summed E-state index contributed by atoms with van der Waals surface area (Å²) in [7, 11) is 0. The third-order valence-electron chi connectivity index (χ3n) is 7.31. The first-order chi connectivity index (χ1) is 17.6. The van der Waals surface area contributed by atoms with Crippen LogP contribution in [-0.2, 0) is 22.4 Å². The molecule has 2 aromatic carbocycles. The van der Waals surface area contributed by atoms with Crippen LogP contribution < -0.4 is 10.6 Å². The van der Waals surface area contributed by atoms with Crippen molar-refractivity contribution >= 4 is 17.8 Å². The van der Waals surface area contributed by atoms with Gasteiger partial charge in [0.2, 0.25) is 11.8 Å². The van der Waals surface area contributed by atoms with Crippen molar-refractivity contribution in [2.45, 2.75) is 63.5 Å². The number of benzene rings is 2. The molecule has 2 heterocycles. The van der Waals surface area contributed by atoms with Gasteiger partial charge in [-0.05, 0) is 49.7 Å². The summed E-state index contributed by atoms with van der Waals surface area (Å²) in [4.78, 5) is 41.5. The third kappa shape index (κ3) is 7.83. The zero-order valence-electron chi connectivity index (χ0n) is 21.0. The number of urea groups is 1. The molecule has 2 saturated heterocycles. The second kappa shape index (κ2) is 13.1. The Morgan fingerprint density at radius 3 is 1.33 bits per heavy atom. The van der Waals surface area contributed by atoms with Crippen LogP contribution in [0.3, 0.4) is 0 Å². The molecule has 0 bridgehead atoms. The van der Waals surface area contributed by atoms with Gasteiger partial charge in [0.15, 0.2) is 0 Å². The van der Waals surface area contributed by atoms with Gasteiger partial charge in [-0.25, -0.2) is 4.79 Å². The number of amides is 4. The molecule has 0 aromatic heterocycles. The minimum atomic E-state index is -0.141. The molecule has 0 saturated carbocycles. The van der Waals surface area contributed by atoms with Crippen LogP contribution in [0.4, 0.5) is 4.79 Å². The Hall–Kier alpha value is -3.35. The molecule has 2 fully saturated rings. The molecule has 7 nitrogen and oxygen atoms in total. The van der Waals surface area contributed by atoms with E-state index in [0.717, 1.165) is 38.5 Å². The smallest absolute Gasteiger partial charge is 0.315 e. The van der Waals surface area contributed by atoms with Crippen molar-refractivity contribution in [1.29, 1.82) is 0 Å². The van der Waals surface area contributed by atoms with Gasteiger partial charge in [0.25, 0.3) is 0 Å². The molecule has 192 valence electrons. The third-order valence-corrected chi connectivity index (χ3v) is 7.31. The lowest BCUT2D eigenvalue weighted by atomic mass is 10.0. The van der Waals surface area contributed by atoms with E-state index in [1.54, 1.807) is 0 Å². The van der Waals surface area contributed by atoms with E-state index in [1.165, 1.54) is 11.1 Å². The van der Waals surface area contributed by atoms with Crippen LogP contribution >= 0.6 is 0 Å². The summed E-state index contributed by atoms with van der Waals surface area (Å²) < 4.78 is 0. The minimum Gasteiger partial charge on any atom is -0.343 e. The van der Waals surface area contributed by atoms with Gasteiger partial charge in [-0.1, -0.05) is 60.7 Å². The molecule has 2 aromatic rings. The number of hydrogen-bond acceptors (Lipinski definition) is 3. The zero-order chi connectivity index (χ0) is 25.2. The van der Waals surface area contributed by atoms with Crippen molar-refractivity contribution in [2.75, 3.05) is 26.2 Å². The highest BCUT2D eigenvalue weighted by Crippen LogP contribution is 2.15. The topological polar surface area (TPSA) is 81.8 Å². The molecule has 2 aliphatic rings. The Balaban J connectivity index is 1.09. The van der Waals surface area contributed by atoms with Crippen LogP contribution in [0.2, 0.25) is 0 Å². The molecular formula is C29H38N4O3. The van der Waals surface area contributed by atoms with Gasteiger partial charge in [0, 0.05) is 51.1 Å². The number of piperidine rings is 2. The number of aryl methyl sites for hydroxylation is 2. The fraction of sp³-hybridized carbons (Fsp3) is 0.483. The molecule has 36 heavy (non-hydrogen) atoms. The van der Waals surface area contributed by atoms with Crippen LogP contribution in [0.5, 0.6) is 0 Å². The number of hydrogen-bond donors (Lipinski definition) is 2. The predicted molar refractivity (Wildman–Crippen MR) is 140 cm³/mol. The fourth-order valence-electron chi connectivity index (χ4n) is 5.07. The molecule has 0 spiro atoms. The lowest BCUT2D eigenvalue weighted by Crippen LogP contribution is -2.53. The number of nitrogens with zero attached hydrogens (tertiary/aromatic N) is 2. The minimum absolute atomic E-state index is 0.0860. The van der Waals surface area contributed by atoms with Crippen LogP contribution in [0.1, 0.15) is 49.7 Å². The van der Waals surface area contributed by atoms with E-state index in [0.29, 0.717) is 39.0 Å². The van der Waals surface area contributed by atoms with E-state index in [2.05, 4.69) is 34.9 Å². The SMILES string of the molecule is O=C(NC1CCN(C(=O)CCc2ccccc2)CC1)NC1CCN(C(=O)CCc2ccccc2)CC1. The van der Waals surface area contributed by atoms with Crippen molar-refractivity contribution in [3.63, 3.8) is 0 Å². The van der Waals surface area contributed by atoms with Crippen LogP contribution in [0, 0.1) is 0 Å². The average molecular weight is 491 g/mol. The Bertz CT molecular complexity index is 903. The Morgan fingerprint density at radius 1 is 0.611 bits per heavy atom. The van der Waals surface area contributed by atoms with Gasteiger partial charge in [-0.3, -0.25) is 9.59 Å². The Kier molecular flexibility index (Phi) is 9.36. The first-order valence-electron chi connectivity index (χ1n) is 13.3. The van der Waals surface area contributed by atoms with Gasteiger partial charge < -0.3 is 20.4 Å². The van der Waals surface area contributed by atoms with Crippen LogP contribution in [0.15, 0.2) is 60.7 Å². The van der Waals surface area contributed by atoms with E-state index < -0.39 is 0 Å². The molecule has 7 heteroatoms. The van der Waals surface area contributed by atoms with Crippen molar-refractivity contribution in [2.24, 2.45) is 0 Å². The second-order valence-electron chi connectivity index (χ2n) is 9.90. The van der Waals surface area contributed by atoms with E-state index in [9.17, 15) is 14.4 Å². The second-order valence-corrected chi connectivity index (χ2v) is 9.90. The van der Waals surface area contributed by atoms with Crippen molar-refractivity contribution in [3.8, 4) is 0 Å². The van der Waals surface area contributed by atoms with Crippen molar-refractivity contribution in [1.82, 2.24) is 20.4 Å². The van der Waals surface area contributed by atoms with Gasteiger partial charge in [0.1, 0.15) is 0 Å². The van der Waals surface area contributed by atoms with Crippen molar-refractivity contribution in [3.05, 3.63) is 71.8 Å². The fourth-order valence-corrected chi connectivity index (χ4v) is 5.07. The van der Waals surface area contributed by atoms with Crippen LogP contribution in [0.25, 0.3) is 0 Å². The first-order valence-corrected chi connectivity index (χ1v) is 13.3. The summed E-state index contributed by atoms with van der Waals surface area (Å²) in [6, 6.07) is 20.2. The van der Waals surface area contributed by atoms with E-state index in [4.69, 9.17) is 0 Å². The lowest BCUT2D eigenvalue weighted by Gasteiger charge is -2.34. The van der Waals surface area contributed by atoms with Crippen LogP contribution in [-0.4, -0.2) is 65.9 Å². The highest BCUT2D eigenvalue weighted by molar-refractivity contribution is 5.77. The predicted octanol–water partition coefficient (Wildman–Crippen LogP) is 3.53. The molecular weight excluding hydrogens is 452 g/mol. The van der Waals surface area contributed by atoms with Gasteiger partial charge in [0.05, 0.1) is 0 Å². The van der Waals surface area contributed by atoms with Gasteiger partial charge >= 0.3 is 6.03 Å². The molecule has 4 rings (SSSR count). The maximum atomic E-state index is 12.5. The Morgan fingerprint density at radius 2 is 0.972 bits per heavy atom. The standard InChI is InChI=1S/C29H38N4O3/c34-27(13-11-23-7-3-1-4-8-23)32-19-15-25(16-20-32)30-29(36)31-26-17-21-33(22-18-26)28(35)14-12-24-9-5-2-6-10-24/h1-10,25-26H,11-22H2,(H2,30,31,36). The summed E-state index contributed by atoms with van der Waals surface area (Å²) in [5.74, 6) is 0.374. The molecule has 0 aliphatic carbocycles. The van der Waals surface area contributed by atoms with E-state index >= 15 is 0 Å². The number of nitrogens with one attached hydrogen (secondary N) is 2. The Labute approximate surface area is 214 Å². The highest BCUT2D eigenvalue weighted by Gasteiger charge is 2.26. The first kappa shape index (κ1) is 25.7. The normalized spacial score (nSPS) is 17.0. The molecule has 4 amide bonds. The molecule has 0 radical (unpaired) electrons. The molecule has 0 atom stereocenters. The molecule has 0 unspecified atom stereocenters. The summed E-state index contributed by atoms with van der Waals surface area (Å²) in [5, 5.41) is 6.17. The largest absolute Gasteiger partial charge is 0.343 e. The van der Waals surface area contributed by atoms with Crippen molar-refractivity contribution < 1.29 is 14.4 Å². The summed E-state index contributed by atoms with van der Waals surface area (Å²) in [6.45, 7) is 2.73. The highest BCUT2D eigenvalue weighted by atomic mass is 16.2. The average Bonchev–Trinajstić information content (AvgIpc) is 2.92. The summed E-state index contributed by atoms with van der Waals surface area (Å²) in [5.41, 5.74) is 2.36. The lowest BCUT2D eigenvalue weighted by molar-refractivity contribution is -0.133. The quantitative estimate of drug-likeness (QED) is 0.594. The van der Waals surface area contributed by atoms with Gasteiger partial charge in [-0.2, -0.15) is 0 Å².